The lowest BCUT2D eigenvalue weighted by Gasteiger charge is -2.17. The molecule has 5 aromatic carbocycles. The molecule has 0 saturated heterocycles. The fraction of sp³-hybridized carbons (Fsp3) is 0.0968. The highest BCUT2D eigenvalue weighted by atomic mass is 14.2. The van der Waals surface area contributed by atoms with Crippen LogP contribution in [0, 0.1) is 6.92 Å². The number of allylic oxidation sites excluding steroid dienone is 1. The first-order valence-corrected chi connectivity index (χ1v) is 11.0. The number of rotatable bonds is 4. The van der Waals surface area contributed by atoms with Crippen LogP contribution in [0.5, 0.6) is 0 Å². The average molecular weight is 399 g/mol. The topological polar surface area (TPSA) is 0 Å². The molecule has 0 fully saturated rings. The van der Waals surface area contributed by atoms with E-state index in [4.69, 9.17) is 0 Å². The summed E-state index contributed by atoms with van der Waals surface area (Å²) in [7, 11) is 0. The summed E-state index contributed by atoms with van der Waals surface area (Å²) < 4.78 is 0. The van der Waals surface area contributed by atoms with E-state index in [0.717, 1.165) is 6.42 Å². The van der Waals surface area contributed by atoms with Gasteiger partial charge in [-0.25, -0.2) is 0 Å². The minimum atomic E-state index is 0.915. The Bertz CT molecular complexity index is 1410. The molecule has 0 heterocycles. The number of hydrogen-bond acceptors (Lipinski definition) is 0. The first kappa shape index (κ1) is 19.3. The van der Waals surface area contributed by atoms with Gasteiger partial charge < -0.3 is 0 Å². The zero-order valence-electron chi connectivity index (χ0n) is 18.1. The van der Waals surface area contributed by atoms with Crippen LogP contribution in [0.2, 0.25) is 0 Å². The number of aryl methyl sites for hydroxylation is 1. The summed E-state index contributed by atoms with van der Waals surface area (Å²) in [4.78, 5) is 0. The lowest BCUT2D eigenvalue weighted by atomic mass is 9.87. The summed E-state index contributed by atoms with van der Waals surface area (Å²) in [5.74, 6) is 0. The van der Waals surface area contributed by atoms with Gasteiger partial charge in [-0.15, -0.1) is 0 Å². The summed E-state index contributed by atoms with van der Waals surface area (Å²) in [6.07, 6.45) is 3.18. The van der Waals surface area contributed by atoms with Gasteiger partial charge in [0.05, 0.1) is 0 Å². The van der Waals surface area contributed by atoms with E-state index in [0.29, 0.717) is 0 Å². The Hall–Kier alpha value is -3.64. The highest BCUT2D eigenvalue weighted by molar-refractivity contribution is 5.99. The van der Waals surface area contributed by atoms with E-state index in [1.807, 2.05) is 0 Å². The maximum Gasteiger partial charge on any atom is -0.00135 e. The van der Waals surface area contributed by atoms with Gasteiger partial charge in [0.2, 0.25) is 0 Å². The molecule has 0 aliphatic heterocycles. The predicted octanol–water partition coefficient (Wildman–Crippen LogP) is 8.34. The van der Waals surface area contributed by atoms with E-state index in [2.05, 4.69) is 123 Å². The van der Waals surface area contributed by atoms with Crippen LogP contribution < -0.4 is 0 Å². The molecule has 0 bridgehead atoms. The predicted molar refractivity (Wildman–Crippen MR) is 135 cm³/mol. The highest BCUT2D eigenvalue weighted by Gasteiger charge is 2.14. The molecule has 0 radical (unpaired) electrons. The van der Waals surface area contributed by atoms with Gasteiger partial charge in [0.15, 0.2) is 0 Å². The van der Waals surface area contributed by atoms with Crippen LogP contribution in [0.4, 0.5) is 0 Å². The fourth-order valence-electron chi connectivity index (χ4n) is 4.73. The third kappa shape index (κ3) is 3.55. The molecule has 0 aliphatic rings. The van der Waals surface area contributed by atoms with E-state index < -0.39 is 0 Å². The molecule has 5 rings (SSSR count). The van der Waals surface area contributed by atoms with Crippen LogP contribution in [-0.2, 0) is 6.42 Å². The molecule has 150 valence electrons. The summed E-state index contributed by atoms with van der Waals surface area (Å²) in [5, 5.41) is 5.28. The third-order valence-electron chi connectivity index (χ3n) is 6.29. The molecule has 5 aromatic rings. The van der Waals surface area contributed by atoms with Crippen molar-refractivity contribution in [2.24, 2.45) is 0 Å². The van der Waals surface area contributed by atoms with Crippen LogP contribution in [0.15, 0.2) is 109 Å². The van der Waals surface area contributed by atoms with Crippen LogP contribution in [0.1, 0.15) is 34.7 Å². The largest absolute Gasteiger partial charge is 0.0791 e. The molecule has 0 nitrogen and oxygen atoms in total. The Morgan fingerprint density at radius 1 is 0.581 bits per heavy atom. The van der Waals surface area contributed by atoms with Crippen molar-refractivity contribution in [3.05, 3.63) is 137 Å². The van der Waals surface area contributed by atoms with Gasteiger partial charge in [-0.3, -0.25) is 0 Å². The van der Waals surface area contributed by atoms with Crippen LogP contribution in [0.3, 0.4) is 0 Å². The van der Waals surface area contributed by atoms with Gasteiger partial charge in [0.1, 0.15) is 0 Å². The van der Waals surface area contributed by atoms with E-state index in [1.54, 1.807) is 0 Å². The quantitative estimate of drug-likeness (QED) is 0.285. The Morgan fingerprint density at radius 2 is 1.23 bits per heavy atom. The smallest absolute Gasteiger partial charge is 0.00135 e. The second-order valence-electron chi connectivity index (χ2n) is 8.15. The van der Waals surface area contributed by atoms with Gasteiger partial charge >= 0.3 is 0 Å². The SMILES string of the molecule is CC=C(c1ccccc1Cc1cccc2ccccc12)c1ccc(C)c2ccccc12. The maximum atomic E-state index is 2.28. The van der Waals surface area contributed by atoms with E-state index in [-0.39, 0.29) is 0 Å². The summed E-state index contributed by atoms with van der Waals surface area (Å²) in [6, 6.07) is 37.4. The first-order valence-electron chi connectivity index (χ1n) is 11.0. The molecule has 0 aromatic heterocycles. The van der Waals surface area contributed by atoms with Crippen molar-refractivity contribution in [2.75, 3.05) is 0 Å². The van der Waals surface area contributed by atoms with E-state index in [9.17, 15) is 0 Å². The molecule has 0 aliphatic carbocycles. The van der Waals surface area contributed by atoms with Gasteiger partial charge in [0.25, 0.3) is 0 Å². The van der Waals surface area contributed by atoms with Crippen LogP contribution >= 0.6 is 0 Å². The monoisotopic (exact) mass is 398 g/mol. The molecule has 0 heteroatoms. The van der Waals surface area contributed by atoms with Crippen LogP contribution in [-0.4, -0.2) is 0 Å². The van der Waals surface area contributed by atoms with Gasteiger partial charge in [0, 0.05) is 0 Å². The first-order chi connectivity index (χ1) is 15.3. The molecule has 0 saturated carbocycles. The zero-order chi connectivity index (χ0) is 21.2. The second kappa shape index (κ2) is 8.24. The molecule has 0 atom stereocenters. The highest BCUT2D eigenvalue weighted by Crippen LogP contribution is 2.34. The van der Waals surface area contributed by atoms with Crippen molar-refractivity contribution in [1.29, 1.82) is 0 Å². The average Bonchev–Trinajstić information content (AvgIpc) is 2.82. The molecular formula is C31H26. The number of benzene rings is 5. The third-order valence-corrected chi connectivity index (χ3v) is 6.29. The van der Waals surface area contributed by atoms with Crippen molar-refractivity contribution in [2.45, 2.75) is 20.3 Å². The second-order valence-corrected chi connectivity index (χ2v) is 8.15. The zero-order valence-corrected chi connectivity index (χ0v) is 18.1. The van der Waals surface area contributed by atoms with E-state index in [1.165, 1.54) is 54.9 Å². The van der Waals surface area contributed by atoms with Crippen molar-refractivity contribution >= 4 is 27.1 Å². The van der Waals surface area contributed by atoms with Gasteiger partial charge in [-0.2, -0.15) is 0 Å². The summed E-state index contributed by atoms with van der Waals surface area (Å²) in [6.45, 7) is 4.34. The van der Waals surface area contributed by atoms with Crippen molar-refractivity contribution in [3.63, 3.8) is 0 Å². The van der Waals surface area contributed by atoms with Crippen molar-refractivity contribution in [3.8, 4) is 0 Å². The molecule has 0 N–H and O–H groups in total. The van der Waals surface area contributed by atoms with Crippen molar-refractivity contribution in [1.82, 2.24) is 0 Å². The van der Waals surface area contributed by atoms with Crippen LogP contribution in [0.25, 0.3) is 27.1 Å². The molecular weight excluding hydrogens is 372 g/mol. The lowest BCUT2D eigenvalue weighted by Crippen LogP contribution is -1.98. The number of hydrogen-bond donors (Lipinski definition) is 0. The van der Waals surface area contributed by atoms with Gasteiger partial charge in [-0.1, -0.05) is 109 Å². The molecule has 31 heavy (non-hydrogen) atoms. The summed E-state index contributed by atoms with van der Waals surface area (Å²) >= 11 is 0. The maximum absolute atomic E-state index is 2.28. The van der Waals surface area contributed by atoms with Crippen molar-refractivity contribution < 1.29 is 0 Å². The molecule has 0 unspecified atom stereocenters. The minimum absolute atomic E-state index is 0.915. The molecule has 0 amide bonds. The lowest BCUT2D eigenvalue weighted by molar-refractivity contribution is 1.20. The van der Waals surface area contributed by atoms with Gasteiger partial charge in [-0.05, 0) is 75.2 Å². The fourth-order valence-corrected chi connectivity index (χ4v) is 4.73. The standard InChI is InChI=1S/C31H26/c1-3-26(31-20-19-22(2)27-15-8-9-18-30(27)31)29-17-7-5-12-25(29)21-24-14-10-13-23-11-4-6-16-28(23)24/h3-20H,21H2,1-2H3. The Labute approximate surface area is 184 Å². The Morgan fingerprint density at radius 3 is 2.06 bits per heavy atom. The van der Waals surface area contributed by atoms with E-state index >= 15 is 0 Å². The minimum Gasteiger partial charge on any atom is -0.0791 e. The molecule has 0 spiro atoms. The number of fused-ring (bicyclic) bond motifs is 2. The normalized spacial score (nSPS) is 11.9. The Balaban J connectivity index is 1.65. The Kier molecular flexibility index (Phi) is 5.14. The summed E-state index contributed by atoms with van der Waals surface area (Å²) in [5.41, 5.74) is 7.96.